The molecule has 0 saturated heterocycles. The van der Waals surface area contributed by atoms with Crippen molar-refractivity contribution in [3.63, 3.8) is 0 Å². The predicted molar refractivity (Wildman–Crippen MR) is 81.9 cm³/mol. The lowest BCUT2D eigenvalue weighted by Gasteiger charge is -2.11. The lowest BCUT2D eigenvalue weighted by Crippen LogP contribution is -1.98. The van der Waals surface area contributed by atoms with Crippen molar-refractivity contribution < 1.29 is 9.47 Å². The summed E-state index contributed by atoms with van der Waals surface area (Å²) in [5.74, 6) is 1.73. The molecule has 0 aliphatic carbocycles. The number of tetrazole rings is 1. The molecule has 0 amide bonds. The van der Waals surface area contributed by atoms with Gasteiger partial charge in [-0.1, -0.05) is 23.7 Å². The number of nitrogens with zero attached hydrogens (tertiary/aromatic N) is 3. The van der Waals surface area contributed by atoms with Gasteiger partial charge in [-0.25, -0.2) is 0 Å². The van der Waals surface area contributed by atoms with E-state index < -0.39 is 0 Å². The molecule has 0 bridgehead atoms. The van der Waals surface area contributed by atoms with Crippen LogP contribution in [-0.4, -0.2) is 27.7 Å². The minimum absolute atomic E-state index is 0.401. The molecular weight excluding hydrogens is 304 g/mol. The van der Waals surface area contributed by atoms with Crippen molar-refractivity contribution in [2.75, 3.05) is 7.11 Å². The Kier molecular flexibility index (Phi) is 4.20. The van der Waals surface area contributed by atoms with Gasteiger partial charge in [0, 0.05) is 10.6 Å². The van der Waals surface area contributed by atoms with E-state index >= 15 is 0 Å². The van der Waals surface area contributed by atoms with Crippen molar-refractivity contribution in [3.8, 4) is 22.9 Å². The lowest BCUT2D eigenvalue weighted by molar-refractivity contribution is 0.284. The van der Waals surface area contributed by atoms with Gasteiger partial charge in [-0.05, 0) is 41.1 Å². The summed E-state index contributed by atoms with van der Waals surface area (Å²) >= 11 is 5.96. The number of H-pyrrole nitrogens is 1. The summed E-state index contributed by atoms with van der Waals surface area (Å²) in [4.78, 5) is 0. The van der Waals surface area contributed by atoms with Gasteiger partial charge in [-0.15, -0.1) is 10.2 Å². The Morgan fingerprint density at radius 1 is 1.14 bits per heavy atom. The Morgan fingerprint density at radius 3 is 2.77 bits per heavy atom. The largest absolute Gasteiger partial charge is 0.493 e. The normalized spacial score (nSPS) is 10.5. The molecule has 2 aromatic carbocycles. The lowest BCUT2D eigenvalue weighted by atomic mass is 10.2. The fraction of sp³-hybridized carbons (Fsp3) is 0.133. The van der Waals surface area contributed by atoms with E-state index in [-0.39, 0.29) is 0 Å². The molecule has 0 radical (unpaired) electrons. The number of nitrogens with one attached hydrogen (secondary N) is 1. The van der Waals surface area contributed by atoms with Crippen LogP contribution in [0.15, 0.2) is 42.5 Å². The maximum absolute atomic E-state index is 5.96. The van der Waals surface area contributed by atoms with Crippen molar-refractivity contribution in [3.05, 3.63) is 53.1 Å². The number of aromatic amines is 1. The highest BCUT2D eigenvalue weighted by Crippen LogP contribution is 2.31. The second-order valence-corrected chi connectivity index (χ2v) is 4.96. The standard InChI is InChI=1S/C15H13ClN4O2/c1-21-14-8-11(15-17-19-20-18-15)5-6-13(14)22-9-10-3-2-4-12(16)7-10/h2-8H,9H2,1H3,(H,17,18,19,20). The highest BCUT2D eigenvalue weighted by Gasteiger charge is 2.10. The first kappa shape index (κ1) is 14.3. The number of ether oxygens (including phenoxy) is 2. The van der Waals surface area contributed by atoms with Crippen molar-refractivity contribution in [1.29, 1.82) is 0 Å². The van der Waals surface area contributed by atoms with Crippen LogP contribution in [0.4, 0.5) is 0 Å². The maximum atomic E-state index is 5.96. The van der Waals surface area contributed by atoms with Gasteiger partial charge < -0.3 is 9.47 Å². The molecule has 7 heteroatoms. The fourth-order valence-electron chi connectivity index (χ4n) is 2.00. The Bertz CT molecular complexity index is 762. The molecule has 0 unspecified atom stereocenters. The number of methoxy groups -OCH3 is 1. The highest BCUT2D eigenvalue weighted by atomic mass is 35.5. The summed E-state index contributed by atoms with van der Waals surface area (Å²) in [5.41, 5.74) is 1.78. The molecule has 0 saturated carbocycles. The van der Waals surface area contributed by atoms with Crippen molar-refractivity contribution in [2.24, 2.45) is 0 Å². The average molecular weight is 317 g/mol. The summed E-state index contributed by atoms with van der Waals surface area (Å²) in [6, 6.07) is 13.0. The molecule has 0 aliphatic heterocycles. The summed E-state index contributed by atoms with van der Waals surface area (Å²) in [6.45, 7) is 0.401. The molecule has 0 fully saturated rings. The monoisotopic (exact) mass is 316 g/mol. The van der Waals surface area contributed by atoms with E-state index in [1.807, 2.05) is 36.4 Å². The second kappa shape index (κ2) is 6.44. The topological polar surface area (TPSA) is 72.9 Å². The number of hydrogen-bond acceptors (Lipinski definition) is 5. The van der Waals surface area contributed by atoms with Gasteiger partial charge in [0.25, 0.3) is 0 Å². The molecule has 22 heavy (non-hydrogen) atoms. The van der Waals surface area contributed by atoms with E-state index in [1.165, 1.54) is 0 Å². The third-order valence-corrected chi connectivity index (χ3v) is 3.29. The number of benzene rings is 2. The number of rotatable bonds is 5. The molecule has 6 nitrogen and oxygen atoms in total. The van der Waals surface area contributed by atoms with Crippen LogP contribution >= 0.6 is 11.6 Å². The third kappa shape index (κ3) is 3.17. The molecule has 0 atom stereocenters. The van der Waals surface area contributed by atoms with Crippen LogP contribution in [0.1, 0.15) is 5.56 Å². The van der Waals surface area contributed by atoms with Crippen LogP contribution in [0, 0.1) is 0 Å². The average Bonchev–Trinajstić information content (AvgIpc) is 3.07. The maximum Gasteiger partial charge on any atom is 0.204 e. The van der Waals surface area contributed by atoms with Gasteiger partial charge >= 0.3 is 0 Å². The van der Waals surface area contributed by atoms with Crippen molar-refractivity contribution in [1.82, 2.24) is 20.6 Å². The minimum Gasteiger partial charge on any atom is -0.493 e. The van der Waals surface area contributed by atoms with Crippen LogP contribution in [0.5, 0.6) is 11.5 Å². The van der Waals surface area contributed by atoms with Gasteiger partial charge in [-0.3, -0.25) is 0 Å². The Morgan fingerprint density at radius 2 is 2.05 bits per heavy atom. The Labute approximate surface area is 132 Å². The molecule has 3 rings (SSSR count). The molecule has 112 valence electrons. The summed E-state index contributed by atoms with van der Waals surface area (Å²) < 4.78 is 11.2. The molecule has 3 aromatic rings. The number of hydrogen-bond donors (Lipinski definition) is 1. The number of halogens is 1. The first-order valence-corrected chi connectivity index (χ1v) is 6.93. The zero-order valence-electron chi connectivity index (χ0n) is 11.8. The van der Waals surface area contributed by atoms with E-state index in [2.05, 4.69) is 20.6 Å². The van der Waals surface area contributed by atoms with Gasteiger partial charge in [0.05, 0.1) is 7.11 Å². The van der Waals surface area contributed by atoms with Crippen LogP contribution in [0.3, 0.4) is 0 Å². The molecule has 0 spiro atoms. The minimum atomic E-state index is 0.401. The summed E-state index contributed by atoms with van der Waals surface area (Å²) in [6.07, 6.45) is 0. The van der Waals surface area contributed by atoms with E-state index in [4.69, 9.17) is 21.1 Å². The quantitative estimate of drug-likeness (QED) is 0.783. The summed E-state index contributed by atoms with van der Waals surface area (Å²) in [5, 5.41) is 14.5. The van der Waals surface area contributed by atoms with E-state index in [0.717, 1.165) is 11.1 Å². The first-order chi connectivity index (χ1) is 10.8. The van der Waals surface area contributed by atoms with E-state index in [0.29, 0.717) is 29.0 Å². The van der Waals surface area contributed by atoms with Crippen LogP contribution in [0.2, 0.25) is 5.02 Å². The molecule has 0 aliphatic rings. The molecule has 1 aromatic heterocycles. The smallest absolute Gasteiger partial charge is 0.204 e. The van der Waals surface area contributed by atoms with Gasteiger partial charge in [0.15, 0.2) is 11.5 Å². The number of aromatic nitrogens is 4. The van der Waals surface area contributed by atoms with Crippen molar-refractivity contribution >= 4 is 11.6 Å². The third-order valence-electron chi connectivity index (χ3n) is 3.05. The van der Waals surface area contributed by atoms with Gasteiger partial charge in [-0.2, -0.15) is 5.21 Å². The predicted octanol–water partition coefficient (Wildman–Crippen LogP) is 3.11. The highest BCUT2D eigenvalue weighted by molar-refractivity contribution is 6.30. The summed E-state index contributed by atoms with van der Waals surface area (Å²) in [7, 11) is 1.58. The Hall–Kier alpha value is -2.60. The van der Waals surface area contributed by atoms with E-state index in [9.17, 15) is 0 Å². The fourth-order valence-corrected chi connectivity index (χ4v) is 2.21. The second-order valence-electron chi connectivity index (χ2n) is 4.52. The SMILES string of the molecule is COc1cc(-c2nn[nH]n2)ccc1OCc1cccc(Cl)c1. The zero-order valence-corrected chi connectivity index (χ0v) is 12.5. The van der Waals surface area contributed by atoms with E-state index in [1.54, 1.807) is 13.2 Å². The zero-order chi connectivity index (χ0) is 15.4. The van der Waals surface area contributed by atoms with Crippen LogP contribution in [-0.2, 0) is 6.61 Å². The van der Waals surface area contributed by atoms with Gasteiger partial charge in [0.2, 0.25) is 5.82 Å². The van der Waals surface area contributed by atoms with Crippen LogP contribution < -0.4 is 9.47 Å². The molecular formula is C15H13ClN4O2. The Balaban J connectivity index is 1.79. The first-order valence-electron chi connectivity index (χ1n) is 6.55. The van der Waals surface area contributed by atoms with Crippen LogP contribution in [0.25, 0.3) is 11.4 Å². The van der Waals surface area contributed by atoms with Gasteiger partial charge in [0.1, 0.15) is 6.61 Å². The molecule has 1 heterocycles. The molecule has 1 N–H and O–H groups in total. The van der Waals surface area contributed by atoms with Crippen molar-refractivity contribution in [2.45, 2.75) is 6.61 Å².